The maximum Gasteiger partial charge on any atom is 0.239 e. The van der Waals surface area contributed by atoms with Crippen LogP contribution in [0, 0.1) is 0 Å². The summed E-state index contributed by atoms with van der Waals surface area (Å²) in [5.41, 5.74) is 1.84. The van der Waals surface area contributed by atoms with Crippen LogP contribution >= 0.6 is 0 Å². The van der Waals surface area contributed by atoms with Gasteiger partial charge in [-0.2, -0.15) is 0 Å². The van der Waals surface area contributed by atoms with E-state index in [1.165, 1.54) is 0 Å². The first-order chi connectivity index (χ1) is 8.76. The number of methoxy groups -OCH3 is 1. The number of para-hydroxylation sites is 2. The lowest BCUT2D eigenvalue weighted by molar-refractivity contribution is -0.121. The average molecular weight is 247 g/mol. The minimum absolute atomic E-state index is 0.0157. The van der Waals surface area contributed by atoms with E-state index in [4.69, 9.17) is 4.74 Å². The summed E-state index contributed by atoms with van der Waals surface area (Å²) in [5, 5.41) is 2.79. The molecule has 0 aliphatic heterocycles. The van der Waals surface area contributed by atoms with Gasteiger partial charge in [0, 0.05) is 13.7 Å². The van der Waals surface area contributed by atoms with Gasteiger partial charge in [-0.1, -0.05) is 12.1 Å². The Morgan fingerprint density at radius 1 is 1.44 bits per heavy atom. The molecular formula is C13H17N3O2. The highest BCUT2D eigenvalue weighted by Gasteiger charge is 2.12. The first kappa shape index (κ1) is 12.6. The Bertz CT molecular complexity index is 548. The Hall–Kier alpha value is -1.88. The fourth-order valence-corrected chi connectivity index (χ4v) is 1.94. The van der Waals surface area contributed by atoms with Gasteiger partial charge >= 0.3 is 0 Å². The molecule has 18 heavy (non-hydrogen) atoms. The van der Waals surface area contributed by atoms with Crippen LogP contribution in [0.1, 0.15) is 12.7 Å². The van der Waals surface area contributed by atoms with Crippen LogP contribution in [0.15, 0.2) is 24.3 Å². The fraction of sp³-hybridized carbons (Fsp3) is 0.385. The van der Waals surface area contributed by atoms with Crippen LogP contribution in [0.2, 0.25) is 0 Å². The van der Waals surface area contributed by atoms with Gasteiger partial charge in [0.2, 0.25) is 5.91 Å². The van der Waals surface area contributed by atoms with Crippen molar-refractivity contribution >= 4 is 16.9 Å². The zero-order chi connectivity index (χ0) is 13.0. The van der Waals surface area contributed by atoms with Crippen molar-refractivity contribution in [3.63, 3.8) is 0 Å². The molecule has 0 bridgehead atoms. The molecule has 1 aromatic heterocycles. The summed E-state index contributed by atoms with van der Waals surface area (Å²) < 4.78 is 7.02. The van der Waals surface area contributed by atoms with E-state index in [1.807, 2.05) is 35.8 Å². The van der Waals surface area contributed by atoms with E-state index in [9.17, 15) is 4.79 Å². The summed E-state index contributed by atoms with van der Waals surface area (Å²) in [6.45, 7) is 3.20. The summed E-state index contributed by atoms with van der Waals surface area (Å²) in [7, 11) is 1.62. The first-order valence-corrected chi connectivity index (χ1v) is 5.96. The fourth-order valence-electron chi connectivity index (χ4n) is 1.94. The van der Waals surface area contributed by atoms with E-state index in [1.54, 1.807) is 7.11 Å². The molecular weight excluding hydrogens is 230 g/mol. The second-order valence-corrected chi connectivity index (χ2v) is 3.99. The monoisotopic (exact) mass is 247 g/mol. The number of imidazole rings is 1. The molecule has 2 rings (SSSR count). The van der Waals surface area contributed by atoms with Crippen molar-refractivity contribution in [3.05, 3.63) is 30.1 Å². The number of hydrogen-bond donors (Lipinski definition) is 1. The minimum atomic E-state index is -0.0157. The van der Waals surface area contributed by atoms with E-state index in [-0.39, 0.29) is 12.5 Å². The topological polar surface area (TPSA) is 56.2 Å². The molecule has 1 heterocycles. The normalized spacial score (nSPS) is 10.8. The van der Waals surface area contributed by atoms with Gasteiger partial charge in [-0.3, -0.25) is 4.79 Å². The van der Waals surface area contributed by atoms with Crippen LogP contribution < -0.4 is 5.32 Å². The van der Waals surface area contributed by atoms with Gasteiger partial charge in [-0.25, -0.2) is 4.98 Å². The standard InChI is InChI=1S/C13H17N3O2/c1-3-14-13(17)8-16-11-7-5-4-6-10(11)15-12(16)9-18-2/h4-7H,3,8-9H2,1-2H3,(H,14,17). The molecule has 0 saturated heterocycles. The number of nitrogens with one attached hydrogen (secondary N) is 1. The predicted molar refractivity (Wildman–Crippen MR) is 69.1 cm³/mol. The minimum Gasteiger partial charge on any atom is -0.377 e. The molecule has 2 aromatic rings. The Morgan fingerprint density at radius 3 is 2.94 bits per heavy atom. The Labute approximate surface area is 106 Å². The van der Waals surface area contributed by atoms with Crippen molar-refractivity contribution in [2.45, 2.75) is 20.1 Å². The lowest BCUT2D eigenvalue weighted by atomic mass is 10.3. The largest absolute Gasteiger partial charge is 0.377 e. The summed E-state index contributed by atoms with van der Waals surface area (Å²) in [5.74, 6) is 0.753. The first-order valence-electron chi connectivity index (χ1n) is 5.96. The lowest BCUT2D eigenvalue weighted by Gasteiger charge is -2.08. The Kier molecular flexibility index (Phi) is 3.94. The predicted octanol–water partition coefficient (Wildman–Crippen LogP) is 1.32. The molecule has 0 fully saturated rings. The van der Waals surface area contributed by atoms with E-state index < -0.39 is 0 Å². The molecule has 5 heteroatoms. The molecule has 0 aliphatic rings. The van der Waals surface area contributed by atoms with Gasteiger partial charge in [-0.15, -0.1) is 0 Å². The molecule has 1 amide bonds. The van der Waals surface area contributed by atoms with E-state index >= 15 is 0 Å². The van der Waals surface area contributed by atoms with Crippen molar-refractivity contribution in [3.8, 4) is 0 Å². The van der Waals surface area contributed by atoms with E-state index in [0.717, 1.165) is 16.9 Å². The number of carbonyl (C=O) groups is 1. The molecule has 0 unspecified atom stereocenters. The molecule has 1 N–H and O–H groups in total. The second kappa shape index (κ2) is 5.64. The number of fused-ring (bicyclic) bond motifs is 1. The summed E-state index contributed by atoms with van der Waals surface area (Å²) in [6.07, 6.45) is 0. The Balaban J connectivity index is 2.38. The number of benzene rings is 1. The van der Waals surface area contributed by atoms with Crippen LogP contribution in [0.3, 0.4) is 0 Å². The smallest absolute Gasteiger partial charge is 0.239 e. The summed E-state index contributed by atoms with van der Waals surface area (Å²) in [4.78, 5) is 16.2. The number of rotatable bonds is 5. The van der Waals surface area contributed by atoms with Crippen molar-refractivity contribution < 1.29 is 9.53 Å². The third-order valence-electron chi connectivity index (χ3n) is 2.68. The quantitative estimate of drug-likeness (QED) is 0.867. The number of ether oxygens (including phenoxy) is 1. The molecule has 0 saturated carbocycles. The summed E-state index contributed by atoms with van der Waals surface area (Å²) >= 11 is 0. The van der Waals surface area contributed by atoms with Crippen LogP contribution in [0.5, 0.6) is 0 Å². The molecule has 0 spiro atoms. The van der Waals surface area contributed by atoms with Crippen molar-refractivity contribution in [2.75, 3.05) is 13.7 Å². The third-order valence-corrected chi connectivity index (χ3v) is 2.68. The zero-order valence-corrected chi connectivity index (χ0v) is 10.6. The maximum absolute atomic E-state index is 11.7. The highest BCUT2D eigenvalue weighted by molar-refractivity contribution is 5.81. The van der Waals surface area contributed by atoms with Crippen LogP contribution in [-0.4, -0.2) is 29.1 Å². The SMILES string of the molecule is CCNC(=O)Cn1c(COC)nc2ccccc21. The molecule has 0 aliphatic carbocycles. The van der Waals surface area contributed by atoms with Gasteiger partial charge in [0.15, 0.2) is 0 Å². The molecule has 0 radical (unpaired) electrons. The van der Waals surface area contributed by atoms with Gasteiger partial charge in [0.05, 0.1) is 11.0 Å². The van der Waals surface area contributed by atoms with Crippen LogP contribution in [-0.2, 0) is 22.7 Å². The second-order valence-electron chi connectivity index (χ2n) is 3.99. The van der Waals surface area contributed by atoms with Gasteiger partial charge in [-0.05, 0) is 19.1 Å². The zero-order valence-electron chi connectivity index (χ0n) is 10.6. The van der Waals surface area contributed by atoms with E-state index in [0.29, 0.717) is 13.2 Å². The highest BCUT2D eigenvalue weighted by Crippen LogP contribution is 2.16. The highest BCUT2D eigenvalue weighted by atomic mass is 16.5. The third kappa shape index (κ3) is 2.51. The number of amides is 1. The van der Waals surface area contributed by atoms with Crippen molar-refractivity contribution in [1.82, 2.24) is 14.9 Å². The number of carbonyl (C=O) groups excluding carboxylic acids is 1. The molecule has 0 atom stereocenters. The Morgan fingerprint density at radius 2 is 2.22 bits per heavy atom. The van der Waals surface area contributed by atoms with Gasteiger partial charge < -0.3 is 14.6 Å². The number of aromatic nitrogens is 2. The average Bonchev–Trinajstić information content (AvgIpc) is 2.69. The number of hydrogen-bond acceptors (Lipinski definition) is 3. The van der Waals surface area contributed by atoms with Gasteiger partial charge in [0.1, 0.15) is 19.0 Å². The van der Waals surface area contributed by atoms with Crippen LogP contribution in [0.25, 0.3) is 11.0 Å². The van der Waals surface area contributed by atoms with Crippen molar-refractivity contribution in [2.24, 2.45) is 0 Å². The summed E-state index contributed by atoms with van der Waals surface area (Å²) in [6, 6.07) is 7.76. The maximum atomic E-state index is 11.7. The van der Waals surface area contributed by atoms with Crippen molar-refractivity contribution in [1.29, 1.82) is 0 Å². The molecule has 1 aromatic carbocycles. The van der Waals surface area contributed by atoms with Gasteiger partial charge in [0.25, 0.3) is 0 Å². The molecule has 5 nitrogen and oxygen atoms in total. The number of likely N-dealkylation sites (N-methyl/N-ethyl adjacent to an activating group) is 1. The number of nitrogens with zero attached hydrogens (tertiary/aromatic N) is 2. The van der Waals surface area contributed by atoms with Crippen LogP contribution in [0.4, 0.5) is 0 Å². The lowest BCUT2D eigenvalue weighted by Crippen LogP contribution is -2.27. The van der Waals surface area contributed by atoms with E-state index in [2.05, 4.69) is 10.3 Å². The molecule has 96 valence electrons.